The molecule has 0 saturated carbocycles. The minimum absolute atomic E-state index is 0.188. The van der Waals surface area contributed by atoms with Crippen molar-refractivity contribution in [1.29, 1.82) is 0 Å². The maximum Gasteiger partial charge on any atom is 0.118 e. The molecule has 1 aromatic carbocycles. The molecule has 3 heteroatoms. The van der Waals surface area contributed by atoms with Crippen LogP contribution in [0.2, 0.25) is 0 Å². The molecule has 0 bridgehead atoms. The van der Waals surface area contributed by atoms with Gasteiger partial charge in [0.15, 0.2) is 0 Å². The number of hydrogen-bond donors (Lipinski definition) is 2. The first-order valence-electron chi connectivity index (χ1n) is 6.14. The third-order valence-electron chi connectivity index (χ3n) is 2.98. The number of nitrogens with one attached hydrogen (secondary N) is 1. The first-order chi connectivity index (χ1) is 8.17. The molecule has 0 aliphatic heterocycles. The lowest BCUT2D eigenvalue weighted by molar-refractivity contribution is 0.212. The SMILES string of the molecule is COc1ccc(CCN[C@H](CO)C(C)C)cc1. The standard InChI is InChI=1S/C14H23NO2/c1-11(2)14(10-16)15-9-8-12-4-6-13(17-3)7-5-12/h4-7,11,14-16H,8-10H2,1-3H3/t14-/m1/s1. The molecule has 0 radical (unpaired) electrons. The van der Waals surface area contributed by atoms with E-state index in [9.17, 15) is 5.11 Å². The summed E-state index contributed by atoms with van der Waals surface area (Å²) in [7, 11) is 1.67. The zero-order valence-electron chi connectivity index (χ0n) is 10.9. The molecule has 0 saturated heterocycles. The van der Waals surface area contributed by atoms with E-state index in [1.165, 1.54) is 5.56 Å². The highest BCUT2D eigenvalue weighted by atomic mass is 16.5. The molecule has 3 nitrogen and oxygen atoms in total. The summed E-state index contributed by atoms with van der Waals surface area (Å²) in [6.45, 7) is 5.30. The van der Waals surface area contributed by atoms with Crippen LogP contribution in [0.15, 0.2) is 24.3 Å². The van der Waals surface area contributed by atoms with Crippen LogP contribution in [0.5, 0.6) is 5.75 Å². The fourth-order valence-electron chi connectivity index (χ4n) is 1.71. The van der Waals surface area contributed by atoms with Gasteiger partial charge in [-0.05, 0) is 36.6 Å². The average molecular weight is 237 g/mol. The molecular weight excluding hydrogens is 214 g/mol. The Hall–Kier alpha value is -1.06. The highest BCUT2D eigenvalue weighted by Crippen LogP contribution is 2.11. The first kappa shape index (κ1) is 14.0. The van der Waals surface area contributed by atoms with Crippen LogP contribution in [0.25, 0.3) is 0 Å². The van der Waals surface area contributed by atoms with Gasteiger partial charge in [-0.1, -0.05) is 26.0 Å². The molecule has 96 valence electrons. The first-order valence-corrected chi connectivity index (χ1v) is 6.14. The van der Waals surface area contributed by atoms with Crippen LogP contribution < -0.4 is 10.1 Å². The molecule has 17 heavy (non-hydrogen) atoms. The number of rotatable bonds is 7. The fourth-order valence-corrected chi connectivity index (χ4v) is 1.71. The summed E-state index contributed by atoms with van der Waals surface area (Å²) in [5.74, 6) is 1.34. The van der Waals surface area contributed by atoms with Crippen LogP contribution in [-0.4, -0.2) is 31.4 Å². The molecular formula is C14H23NO2. The van der Waals surface area contributed by atoms with Gasteiger partial charge in [-0.2, -0.15) is 0 Å². The van der Waals surface area contributed by atoms with Crippen molar-refractivity contribution in [3.05, 3.63) is 29.8 Å². The number of hydrogen-bond acceptors (Lipinski definition) is 3. The van der Waals surface area contributed by atoms with E-state index in [2.05, 4.69) is 31.3 Å². The van der Waals surface area contributed by atoms with Crippen LogP contribution in [0, 0.1) is 5.92 Å². The van der Waals surface area contributed by atoms with Crippen LogP contribution in [0.4, 0.5) is 0 Å². The Morgan fingerprint density at radius 1 is 1.24 bits per heavy atom. The second-order valence-corrected chi connectivity index (χ2v) is 4.59. The van der Waals surface area contributed by atoms with Crippen LogP contribution in [0.1, 0.15) is 19.4 Å². The van der Waals surface area contributed by atoms with Gasteiger partial charge in [0.05, 0.1) is 13.7 Å². The summed E-state index contributed by atoms with van der Waals surface area (Å²) in [4.78, 5) is 0. The minimum atomic E-state index is 0.188. The molecule has 0 amide bonds. The van der Waals surface area contributed by atoms with Crippen LogP contribution in [-0.2, 0) is 6.42 Å². The van der Waals surface area contributed by atoms with E-state index in [0.29, 0.717) is 5.92 Å². The number of aliphatic hydroxyl groups is 1. The third-order valence-corrected chi connectivity index (χ3v) is 2.98. The topological polar surface area (TPSA) is 41.5 Å². The predicted octanol–water partition coefficient (Wildman–Crippen LogP) is 1.84. The molecule has 0 unspecified atom stereocenters. The highest BCUT2D eigenvalue weighted by molar-refractivity contribution is 5.27. The summed E-state index contributed by atoms with van der Waals surface area (Å²) < 4.78 is 5.11. The quantitative estimate of drug-likeness (QED) is 0.760. The molecule has 0 heterocycles. The van der Waals surface area contributed by atoms with Gasteiger partial charge in [0, 0.05) is 6.04 Å². The number of aliphatic hydroxyl groups excluding tert-OH is 1. The Morgan fingerprint density at radius 2 is 1.88 bits per heavy atom. The van der Waals surface area contributed by atoms with Gasteiger partial charge in [0.2, 0.25) is 0 Å². The Balaban J connectivity index is 2.34. The van der Waals surface area contributed by atoms with E-state index in [4.69, 9.17) is 4.74 Å². The number of methoxy groups -OCH3 is 1. The average Bonchev–Trinajstić information content (AvgIpc) is 2.35. The Labute approximate surface area is 104 Å². The van der Waals surface area contributed by atoms with E-state index < -0.39 is 0 Å². The van der Waals surface area contributed by atoms with Crippen LogP contribution in [0.3, 0.4) is 0 Å². The smallest absolute Gasteiger partial charge is 0.118 e. The maximum atomic E-state index is 9.18. The molecule has 1 aromatic rings. The molecule has 2 N–H and O–H groups in total. The highest BCUT2D eigenvalue weighted by Gasteiger charge is 2.10. The van der Waals surface area contributed by atoms with E-state index in [0.717, 1.165) is 18.7 Å². The maximum absolute atomic E-state index is 9.18. The molecule has 1 rings (SSSR count). The summed E-state index contributed by atoms with van der Waals surface area (Å²) in [5, 5.41) is 12.5. The van der Waals surface area contributed by atoms with E-state index in [-0.39, 0.29) is 12.6 Å². The second kappa shape index (κ2) is 7.30. The van der Waals surface area contributed by atoms with Crippen molar-refractivity contribution in [2.24, 2.45) is 5.92 Å². The summed E-state index contributed by atoms with van der Waals surface area (Å²) in [6.07, 6.45) is 0.965. The fraction of sp³-hybridized carbons (Fsp3) is 0.571. The normalized spacial score (nSPS) is 12.8. The summed E-state index contributed by atoms with van der Waals surface area (Å²) in [6, 6.07) is 8.28. The van der Waals surface area contributed by atoms with Crippen molar-refractivity contribution >= 4 is 0 Å². The van der Waals surface area contributed by atoms with Crippen molar-refractivity contribution in [1.82, 2.24) is 5.32 Å². The Morgan fingerprint density at radius 3 is 2.35 bits per heavy atom. The zero-order chi connectivity index (χ0) is 12.7. The Kier molecular flexibility index (Phi) is 6.01. The lowest BCUT2D eigenvalue weighted by Crippen LogP contribution is -2.38. The van der Waals surface area contributed by atoms with Gasteiger partial charge in [0.1, 0.15) is 5.75 Å². The van der Waals surface area contributed by atoms with Crippen LogP contribution >= 0.6 is 0 Å². The second-order valence-electron chi connectivity index (χ2n) is 4.59. The van der Waals surface area contributed by atoms with Gasteiger partial charge in [0.25, 0.3) is 0 Å². The zero-order valence-corrected chi connectivity index (χ0v) is 10.9. The molecule has 0 aromatic heterocycles. The third kappa shape index (κ3) is 4.75. The van der Waals surface area contributed by atoms with Gasteiger partial charge >= 0.3 is 0 Å². The predicted molar refractivity (Wildman–Crippen MR) is 70.4 cm³/mol. The Bertz CT molecular complexity index is 309. The van der Waals surface area contributed by atoms with E-state index in [1.54, 1.807) is 7.11 Å². The lowest BCUT2D eigenvalue weighted by Gasteiger charge is -2.19. The van der Waals surface area contributed by atoms with Crippen molar-refractivity contribution < 1.29 is 9.84 Å². The molecule has 0 aliphatic carbocycles. The number of ether oxygens (including phenoxy) is 1. The lowest BCUT2D eigenvalue weighted by atomic mass is 10.0. The van der Waals surface area contributed by atoms with Gasteiger partial charge in [-0.25, -0.2) is 0 Å². The van der Waals surface area contributed by atoms with Crippen molar-refractivity contribution in [2.75, 3.05) is 20.3 Å². The van der Waals surface area contributed by atoms with E-state index in [1.807, 2.05) is 12.1 Å². The monoisotopic (exact) mass is 237 g/mol. The minimum Gasteiger partial charge on any atom is -0.497 e. The van der Waals surface area contributed by atoms with Gasteiger partial charge in [-0.15, -0.1) is 0 Å². The van der Waals surface area contributed by atoms with Crippen molar-refractivity contribution in [3.8, 4) is 5.75 Å². The van der Waals surface area contributed by atoms with Crippen molar-refractivity contribution in [3.63, 3.8) is 0 Å². The largest absolute Gasteiger partial charge is 0.497 e. The van der Waals surface area contributed by atoms with E-state index >= 15 is 0 Å². The molecule has 1 atom stereocenters. The van der Waals surface area contributed by atoms with Gasteiger partial charge in [-0.3, -0.25) is 0 Å². The van der Waals surface area contributed by atoms with Gasteiger partial charge < -0.3 is 15.2 Å². The molecule has 0 aliphatic rings. The summed E-state index contributed by atoms with van der Waals surface area (Å²) >= 11 is 0. The summed E-state index contributed by atoms with van der Waals surface area (Å²) in [5.41, 5.74) is 1.28. The molecule has 0 spiro atoms. The van der Waals surface area contributed by atoms with Crippen molar-refractivity contribution in [2.45, 2.75) is 26.3 Å². The molecule has 0 fully saturated rings. The number of benzene rings is 1.